The Labute approximate surface area is 184 Å². The van der Waals surface area contributed by atoms with E-state index in [0.717, 1.165) is 16.9 Å². The molecule has 1 N–H and O–H groups in total. The first-order valence-corrected chi connectivity index (χ1v) is 9.97. The molecule has 3 heterocycles. The predicted molar refractivity (Wildman–Crippen MR) is 117 cm³/mol. The molecular formula is C23H22F2N6O. The zero-order valence-corrected chi connectivity index (χ0v) is 17.9. The zero-order chi connectivity index (χ0) is 22.7. The maximum Gasteiger partial charge on any atom is 0.238 e. The number of pyridine rings is 1. The lowest BCUT2D eigenvalue weighted by Gasteiger charge is -2.18. The Hall–Kier alpha value is -3.88. The number of benzene rings is 1. The van der Waals surface area contributed by atoms with Crippen molar-refractivity contribution in [1.82, 2.24) is 24.7 Å². The molecule has 7 nitrogen and oxygen atoms in total. The number of halogens is 2. The first-order chi connectivity index (χ1) is 15.5. The number of rotatable bonds is 7. The highest BCUT2D eigenvalue weighted by molar-refractivity contribution is 5.61. The molecule has 0 bridgehead atoms. The van der Waals surface area contributed by atoms with Gasteiger partial charge in [0.15, 0.2) is 5.82 Å². The lowest BCUT2D eigenvalue weighted by Crippen LogP contribution is -2.15. The average molecular weight is 436 g/mol. The second-order valence-corrected chi connectivity index (χ2v) is 7.31. The third-order valence-electron chi connectivity index (χ3n) is 5.01. The molecule has 0 aliphatic rings. The first kappa shape index (κ1) is 21.4. The van der Waals surface area contributed by atoms with Gasteiger partial charge >= 0.3 is 0 Å². The van der Waals surface area contributed by atoms with E-state index in [1.165, 1.54) is 12.1 Å². The van der Waals surface area contributed by atoms with Crippen LogP contribution in [0.2, 0.25) is 0 Å². The van der Waals surface area contributed by atoms with Crippen LogP contribution >= 0.6 is 0 Å². The summed E-state index contributed by atoms with van der Waals surface area (Å²) in [5.41, 5.74) is 4.17. The van der Waals surface area contributed by atoms with Crippen LogP contribution in [0.4, 0.5) is 14.6 Å². The average Bonchev–Trinajstić information content (AvgIpc) is 3.24. The molecule has 9 heteroatoms. The zero-order valence-electron chi connectivity index (χ0n) is 17.9. The maximum atomic E-state index is 13.6. The van der Waals surface area contributed by atoms with E-state index in [0.29, 0.717) is 28.6 Å². The Morgan fingerprint density at radius 2 is 1.84 bits per heavy atom. The van der Waals surface area contributed by atoms with Crippen LogP contribution in [0.3, 0.4) is 0 Å². The topological polar surface area (TPSA) is 77.8 Å². The number of hydrogen-bond donors (Lipinski definition) is 1. The molecule has 0 saturated carbocycles. The minimum absolute atomic E-state index is 0.371. The van der Waals surface area contributed by atoms with Crippen molar-refractivity contribution in [2.75, 3.05) is 19.1 Å². The largest absolute Gasteiger partial charge is 0.479 e. The van der Waals surface area contributed by atoms with E-state index in [4.69, 9.17) is 4.74 Å². The van der Waals surface area contributed by atoms with Crippen molar-refractivity contribution in [2.45, 2.75) is 19.9 Å². The monoisotopic (exact) mass is 436 g/mol. The summed E-state index contributed by atoms with van der Waals surface area (Å²) in [6, 6.07) is 10.5. The predicted octanol–water partition coefficient (Wildman–Crippen LogP) is 4.61. The van der Waals surface area contributed by atoms with Crippen molar-refractivity contribution < 1.29 is 13.5 Å². The summed E-state index contributed by atoms with van der Waals surface area (Å²) < 4.78 is 34.1. The van der Waals surface area contributed by atoms with Crippen molar-refractivity contribution >= 4 is 5.82 Å². The fourth-order valence-electron chi connectivity index (χ4n) is 3.30. The van der Waals surface area contributed by atoms with Crippen LogP contribution in [0, 0.1) is 19.7 Å². The van der Waals surface area contributed by atoms with Gasteiger partial charge in [-0.25, -0.2) is 18.7 Å². The molecule has 1 aromatic carbocycles. The van der Waals surface area contributed by atoms with Gasteiger partial charge in [-0.3, -0.25) is 0 Å². The maximum absolute atomic E-state index is 13.6. The highest BCUT2D eigenvalue weighted by Crippen LogP contribution is 2.27. The SMILES string of the molecule is COc1nc(-c2cc(C)c(N[C@@H](CF)c3ccc(F)cc3)nn2)ccc1-n1cnc(C)c1. The molecule has 0 radical (unpaired) electrons. The Kier molecular flexibility index (Phi) is 6.07. The van der Waals surface area contributed by atoms with Crippen LogP contribution in [0.1, 0.15) is 22.9 Å². The summed E-state index contributed by atoms with van der Waals surface area (Å²) in [6.07, 6.45) is 3.58. The van der Waals surface area contributed by atoms with E-state index in [-0.39, 0.29) is 5.82 Å². The molecule has 0 amide bonds. The van der Waals surface area contributed by atoms with Gasteiger partial charge in [0, 0.05) is 6.20 Å². The van der Waals surface area contributed by atoms with Gasteiger partial charge in [-0.15, -0.1) is 10.2 Å². The molecule has 1 atom stereocenters. The van der Waals surface area contributed by atoms with Crippen LogP contribution in [0.25, 0.3) is 17.1 Å². The fraction of sp³-hybridized carbons (Fsp3) is 0.217. The van der Waals surface area contributed by atoms with Crippen LogP contribution < -0.4 is 10.1 Å². The van der Waals surface area contributed by atoms with Gasteiger partial charge < -0.3 is 14.6 Å². The Balaban J connectivity index is 1.59. The summed E-state index contributed by atoms with van der Waals surface area (Å²) >= 11 is 0. The number of nitrogens with one attached hydrogen (secondary N) is 1. The lowest BCUT2D eigenvalue weighted by atomic mass is 10.1. The third-order valence-corrected chi connectivity index (χ3v) is 5.01. The van der Waals surface area contributed by atoms with E-state index < -0.39 is 12.7 Å². The number of imidazole rings is 1. The molecule has 3 aromatic heterocycles. The number of methoxy groups -OCH3 is 1. The molecule has 0 aliphatic heterocycles. The number of hydrogen-bond acceptors (Lipinski definition) is 6. The normalized spacial score (nSPS) is 11.9. The highest BCUT2D eigenvalue weighted by Gasteiger charge is 2.16. The van der Waals surface area contributed by atoms with Crippen molar-refractivity contribution in [2.24, 2.45) is 0 Å². The first-order valence-electron chi connectivity index (χ1n) is 9.97. The van der Waals surface area contributed by atoms with Crippen molar-refractivity contribution in [3.8, 4) is 23.0 Å². The van der Waals surface area contributed by atoms with E-state index in [1.54, 1.807) is 25.6 Å². The Morgan fingerprint density at radius 1 is 1.06 bits per heavy atom. The van der Waals surface area contributed by atoms with Crippen molar-refractivity contribution in [1.29, 1.82) is 0 Å². The highest BCUT2D eigenvalue weighted by atomic mass is 19.1. The number of anilines is 1. The van der Waals surface area contributed by atoms with Crippen molar-refractivity contribution in [3.05, 3.63) is 77.6 Å². The standard InChI is InChI=1S/C23H22F2N6O/c1-14-10-19(18-8-9-21(23(28-18)32-3)31-12-15(2)26-13-31)29-30-22(14)27-20(11-24)16-4-6-17(25)7-5-16/h4-10,12-13,20H,11H2,1-3H3,(H,27,30)/t20-/m0/s1. The van der Waals surface area contributed by atoms with E-state index in [2.05, 4.69) is 25.5 Å². The fourth-order valence-corrected chi connectivity index (χ4v) is 3.30. The van der Waals surface area contributed by atoms with E-state index in [1.807, 2.05) is 42.8 Å². The summed E-state index contributed by atoms with van der Waals surface area (Å²) in [7, 11) is 1.55. The minimum atomic E-state index is -0.678. The molecule has 0 fully saturated rings. The molecule has 0 spiro atoms. The van der Waals surface area contributed by atoms with Gasteiger partial charge in [0.1, 0.15) is 23.9 Å². The summed E-state index contributed by atoms with van der Waals surface area (Å²) in [5.74, 6) is 0.498. The van der Waals surface area contributed by atoms with Gasteiger partial charge in [-0.1, -0.05) is 12.1 Å². The Morgan fingerprint density at radius 3 is 2.47 bits per heavy atom. The molecule has 32 heavy (non-hydrogen) atoms. The summed E-state index contributed by atoms with van der Waals surface area (Å²) in [5, 5.41) is 11.5. The van der Waals surface area contributed by atoms with Crippen LogP contribution in [0.5, 0.6) is 5.88 Å². The summed E-state index contributed by atoms with van der Waals surface area (Å²) in [4.78, 5) is 8.79. The van der Waals surface area contributed by atoms with Gasteiger partial charge in [-0.05, 0) is 55.3 Å². The second kappa shape index (κ2) is 9.09. The smallest absolute Gasteiger partial charge is 0.238 e. The van der Waals surface area contributed by atoms with Gasteiger partial charge in [0.2, 0.25) is 5.88 Å². The van der Waals surface area contributed by atoms with E-state index in [9.17, 15) is 8.78 Å². The van der Waals surface area contributed by atoms with Gasteiger partial charge in [-0.2, -0.15) is 0 Å². The third kappa shape index (κ3) is 4.41. The molecule has 0 saturated heterocycles. The van der Waals surface area contributed by atoms with Crippen LogP contribution in [-0.4, -0.2) is 38.5 Å². The number of ether oxygens (including phenoxy) is 1. The quantitative estimate of drug-likeness (QED) is 0.456. The number of alkyl halides is 1. The number of aromatic nitrogens is 5. The Bertz CT molecular complexity index is 1230. The van der Waals surface area contributed by atoms with E-state index >= 15 is 0 Å². The lowest BCUT2D eigenvalue weighted by molar-refractivity contribution is 0.396. The number of aryl methyl sites for hydroxylation is 2. The van der Waals surface area contributed by atoms with Crippen LogP contribution in [-0.2, 0) is 0 Å². The van der Waals surface area contributed by atoms with Crippen molar-refractivity contribution in [3.63, 3.8) is 0 Å². The molecule has 4 rings (SSSR count). The van der Waals surface area contributed by atoms with Gasteiger partial charge in [0.05, 0.1) is 30.9 Å². The number of nitrogens with zero attached hydrogens (tertiary/aromatic N) is 5. The van der Waals surface area contributed by atoms with Gasteiger partial charge in [0.25, 0.3) is 0 Å². The molecule has 164 valence electrons. The minimum Gasteiger partial charge on any atom is -0.479 e. The molecule has 0 unspecified atom stereocenters. The molecule has 4 aromatic rings. The van der Waals surface area contributed by atoms with Crippen LogP contribution in [0.15, 0.2) is 55.0 Å². The molecular weight excluding hydrogens is 414 g/mol. The molecule has 0 aliphatic carbocycles. The summed E-state index contributed by atoms with van der Waals surface area (Å²) in [6.45, 7) is 3.07. The second-order valence-electron chi connectivity index (χ2n) is 7.31.